The molecule has 3 nitrogen and oxygen atoms in total. The Morgan fingerprint density at radius 1 is 1.11 bits per heavy atom. The maximum absolute atomic E-state index is 12.1. The van der Waals surface area contributed by atoms with Crippen molar-refractivity contribution in [2.45, 2.75) is 58.4 Å². The molecule has 0 aromatic heterocycles. The van der Waals surface area contributed by atoms with Crippen LogP contribution < -0.4 is 5.32 Å². The van der Waals surface area contributed by atoms with Crippen LogP contribution in [-0.2, 0) is 4.79 Å². The topological polar surface area (TPSA) is 32.3 Å². The highest BCUT2D eigenvalue weighted by Crippen LogP contribution is 2.44. The minimum absolute atomic E-state index is 0.251. The van der Waals surface area contributed by atoms with E-state index < -0.39 is 0 Å². The van der Waals surface area contributed by atoms with Gasteiger partial charge in [-0.05, 0) is 63.5 Å². The number of nitrogens with zero attached hydrogens (tertiary/aromatic N) is 1. The lowest BCUT2D eigenvalue weighted by molar-refractivity contribution is -0.123. The summed E-state index contributed by atoms with van der Waals surface area (Å²) in [7, 11) is 0. The lowest BCUT2D eigenvalue weighted by Gasteiger charge is -2.23. The van der Waals surface area contributed by atoms with Crippen molar-refractivity contribution in [3.05, 3.63) is 0 Å². The van der Waals surface area contributed by atoms with Gasteiger partial charge in [-0.3, -0.25) is 9.69 Å². The quantitative estimate of drug-likeness (QED) is 0.683. The van der Waals surface area contributed by atoms with Gasteiger partial charge in [-0.25, -0.2) is 0 Å². The normalized spacial score (nSPS) is 19.6. The molecule has 1 N–H and O–H groups in total. The molecule has 104 valence electrons. The van der Waals surface area contributed by atoms with Crippen LogP contribution in [0, 0.1) is 11.8 Å². The molecular weight excluding hydrogens is 224 g/mol. The summed E-state index contributed by atoms with van der Waals surface area (Å²) in [6, 6.07) is 0.502. The molecule has 3 heteroatoms. The molecule has 2 rings (SSSR count). The Balaban J connectivity index is 1.74. The first-order valence-electron chi connectivity index (χ1n) is 7.76. The molecule has 0 saturated heterocycles. The van der Waals surface area contributed by atoms with Crippen molar-refractivity contribution in [3.8, 4) is 0 Å². The van der Waals surface area contributed by atoms with E-state index >= 15 is 0 Å². The average molecular weight is 252 g/mol. The van der Waals surface area contributed by atoms with Gasteiger partial charge < -0.3 is 5.32 Å². The summed E-state index contributed by atoms with van der Waals surface area (Å²) in [6.45, 7) is 7.03. The van der Waals surface area contributed by atoms with Crippen molar-refractivity contribution in [1.82, 2.24) is 10.2 Å². The van der Waals surface area contributed by atoms with E-state index in [-0.39, 0.29) is 5.91 Å². The zero-order chi connectivity index (χ0) is 13.0. The van der Waals surface area contributed by atoms with Crippen molar-refractivity contribution < 1.29 is 4.79 Å². The third kappa shape index (κ3) is 4.27. The highest BCUT2D eigenvalue weighted by molar-refractivity contribution is 5.78. The molecule has 2 aliphatic carbocycles. The molecule has 1 amide bonds. The molecule has 0 aromatic carbocycles. The lowest BCUT2D eigenvalue weighted by Crippen LogP contribution is -2.44. The van der Waals surface area contributed by atoms with Crippen molar-refractivity contribution in [2.24, 2.45) is 11.8 Å². The molecule has 18 heavy (non-hydrogen) atoms. The van der Waals surface area contributed by atoms with Crippen LogP contribution in [0.4, 0.5) is 0 Å². The Morgan fingerprint density at radius 3 is 2.00 bits per heavy atom. The van der Waals surface area contributed by atoms with Gasteiger partial charge in [0.1, 0.15) is 0 Å². The summed E-state index contributed by atoms with van der Waals surface area (Å²) in [6.07, 6.45) is 7.57. The summed E-state index contributed by atoms with van der Waals surface area (Å²) in [4.78, 5) is 14.4. The van der Waals surface area contributed by atoms with Gasteiger partial charge in [-0.15, -0.1) is 0 Å². The molecule has 2 saturated carbocycles. The summed E-state index contributed by atoms with van der Waals surface area (Å²) in [5.74, 6) is 1.85. The second-order valence-electron chi connectivity index (χ2n) is 6.04. The van der Waals surface area contributed by atoms with E-state index in [2.05, 4.69) is 24.1 Å². The van der Waals surface area contributed by atoms with E-state index in [1.807, 2.05) is 0 Å². The smallest absolute Gasteiger partial charge is 0.234 e. The maximum atomic E-state index is 12.1. The van der Waals surface area contributed by atoms with Gasteiger partial charge >= 0.3 is 0 Å². The first kappa shape index (κ1) is 13.9. The molecule has 2 aliphatic rings. The molecule has 0 radical (unpaired) electrons. The highest BCUT2D eigenvalue weighted by Gasteiger charge is 2.42. The van der Waals surface area contributed by atoms with E-state index in [4.69, 9.17) is 0 Å². The number of hydrogen-bond acceptors (Lipinski definition) is 2. The fourth-order valence-corrected chi connectivity index (χ4v) is 2.87. The molecule has 0 heterocycles. The van der Waals surface area contributed by atoms with Crippen LogP contribution in [0.3, 0.4) is 0 Å². The van der Waals surface area contributed by atoms with Crippen LogP contribution in [0.2, 0.25) is 0 Å². The lowest BCUT2D eigenvalue weighted by atomic mass is 10.1. The van der Waals surface area contributed by atoms with E-state index in [9.17, 15) is 4.79 Å². The Labute approximate surface area is 111 Å². The first-order valence-corrected chi connectivity index (χ1v) is 7.76. The van der Waals surface area contributed by atoms with Gasteiger partial charge in [0.05, 0.1) is 6.54 Å². The SMILES string of the molecule is CCCN(CCC)CC(=O)NC(C1CC1)C1CC1. The van der Waals surface area contributed by atoms with Crippen LogP contribution >= 0.6 is 0 Å². The molecule has 0 bridgehead atoms. The first-order chi connectivity index (χ1) is 8.74. The monoisotopic (exact) mass is 252 g/mol. The van der Waals surface area contributed by atoms with Gasteiger partial charge in [-0.1, -0.05) is 13.8 Å². The van der Waals surface area contributed by atoms with E-state index in [0.717, 1.165) is 37.8 Å². The van der Waals surface area contributed by atoms with Gasteiger partial charge in [0.2, 0.25) is 5.91 Å². The Bertz CT molecular complexity index is 254. The van der Waals surface area contributed by atoms with Crippen LogP contribution in [0.15, 0.2) is 0 Å². The minimum atomic E-state index is 0.251. The van der Waals surface area contributed by atoms with Crippen molar-refractivity contribution in [2.75, 3.05) is 19.6 Å². The summed E-state index contributed by atoms with van der Waals surface area (Å²) >= 11 is 0. The number of amides is 1. The van der Waals surface area contributed by atoms with Crippen LogP contribution in [0.1, 0.15) is 52.4 Å². The van der Waals surface area contributed by atoms with E-state index in [0.29, 0.717) is 12.6 Å². The van der Waals surface area contributed by atoms with Crippen molar-refractivity contribution >= 4 is 5.91 Å². The van der Waals surface area contributed by atoms with Crippen LogP contribution in [0.25, 0.3) is 0 Å². The molecular formula is C15H28N2O. The zero-order valence-electron chi connectivity index (χ0n) is 12.0. The fraction of sp³-hybridized carbons (Fsp3) is 0.933. The number of nitrogens with one attached hydrogen (secondary N) is 1. The largest absolute Gasteiger partial charge is 0.352 e. The van der Waals surface area contributed by atoms with Crippen molar-refractivity contribution in [3.63, 3.8) is 0 Å². The Morgan fingerprint density at radius 2 is 1.61 bits per heavy atom. The number of carbonyl (C=O) groups excluding carboxylic acids is 1. The molecule has 0 aliphatic heterocycles. The van der Waals surface area contributed by atoms with E-state index in [1.54, 1.807) is 0 Å². The van der Waals surface area contributed by atoms with Crippen molar-refractivity contribution in [1.29, 1.82) is 0 Å². The summed E-state index contributed by atoms with van der Waals surface area (Å²) < 4.78 is 0. The number of rotatable bonds is 9. The second-order valence-corrected chi connectivity index (χ2v) is 6.04. The van der Waals surface area contributed by atoms with Gasteiger partial charge in [0, 0.05) is 6.04 Å². The molecule has 2 fully saturated rings. The molecule has 0 spiro atoms. The number of carbonyl (C=O) groups is 1. The summed E-state index contributed by atoms with van der Waals surface area (Å²) in [5.41, 5.74) is 0. The van der Waals surface area contributed by atoms with Gasteiger partial charge in [0.25, 0.3) is 0 Å². The van der Waals surface area contributed by atoms with Gasteiger partial charge in [-0.2, -0.15) is 0 Å². The zero-order valence-corrected chi connectivity index (χ0v) is 12.0. The maximum Gasteiger partial charge on any atom is 0.234 e. The third-order valence-corrected chi connectivity index (χ3v) is 4.03. The predicted octanol–water partition coefficient (Wildman–Crippen LogP) is 2.41. The van der Waals surface area contributed by atoms with Crippen LogP contribution in [0.5, 0.6) is 0 Å². The second kappa shape index (κ2) is 6.55. The predicted molar refractivity (Wildman–Crippen MR) is 74.4 cm³/mol. The minimum Gasteiger partial charge on any atom is -0.352 e. The molecule has 0 unspecified atom stereocenters. The highest BCUT2D eigenvalue weighted by atomic mass is 16.2. The summed E-state index contributed by atoms with van der Waals surface area (Å²) in [5, 5.41) is 3.31. The molecule has 0 aromatic rings. The Hall–Kier alpha value is -0.570. The number of hydrogen-bond donors (Lipinski definition) is 1. The standard InChI is InChI=1S/C15H28N2O/c1-3-9-17(10-4-2)11-14(18)16-15(12-5-6-12)13-7-8-13/h12-13,15H,3-11H2,1-2H3,(H,16,18). The molecule has 0 atom stereocenters. The van der Waals surface area contributed by atoms with Crippen LogP contribution in [-0.4, -0.2) is 36.5 Å². The third-order valence-electron chi connectivity index (χ3n) is 4.03. The van der Waals surface area contributed by atoms with E-state index in [1.165, 1.54) is 25.7 Å². The Kier molecular flexibility index (Phi) is 5.04. The van der Waals surface area contributed by atoms with Gasteiger partial charge in [0.15, 0.2) is 0 Å². The average Bonchev–Trinajstić information content (AvgIpc) is 3.18. The fourth-order valence-electron chi connectivity index (χ4n) is 2.87.